The Labute approximate surface area is 170 Å². The van der Waals surface area contributed by atoms with Gasteiger partial charge in [0.1, 0.15) is 6.04 Å². The molecule has 9 heteroatoms. The van der Waals surface area contributed by atoms with Crippen LogP contribution in [0.5, 0.6) is 0 Å². The lowest BCUT2D eigenvalue weighted by Gasteiger charge is -2.43. The molecule has 29 heavy (non-hydrogen) atoms. The Hall–Kier alpha value is -2.93. The lowest BCUT2D eigenvalue weighted by atomic mass is 9.82. The van der Waals surface area contributed by atoms with Crippen LogP contribution in [0.2, 0.25) is 0 Å². The maximum Gasteiger partial charge on any atom is 0.266 e. The molecule has 1 aliphatic heterocycles. The van der Waals surface area contributed by atoms with E-state index in [9.17, 15) is 18.0 Å². The molecule has 1 saturated heterocycles. The second kappa shape index (κ2) is 10.6. The molecule has 1 aliphatic rings. The van der Waals surface area contributed by atoms with Crippen molar-refractivity contribution < 1.29 is 28.3 Å². The number of amides is 2. The molecule has 1 aromatic carbocycles. The minimum atomic E-state index is -3.32. The van der Waals surface area contributed by atoms with Gasteiger partial charge in [-0.25, -0.2) is 13.9 Å². The predicted molar refractivity (Wildman–Crippen MR) is 109 cm³/mol. The smallest absolute Gasteiger partial charge is 0.266 e. The lowest BCUT2D eigenvalue weighted by molar-refractivity contribution is -0.133. The van der Waals surface area contributed by atoms with E-state index in [2.05, 4.69) is 36.9 Å². The average Bonchev–Trinajstić information content (AvgIpc) is 2.71. The van der Waals surface area contributed by atoms with Gasteiger partial charge in [0.15, 0.2) is 9.84 Å². The van der Waals surface area contributed by atoms with E-state index in [1.54, 1.807) is 12.1 Å². The van der Waals surface area contributed by atoms with Crippen molar-refractivity contribution in [2.24, 2.45) is 5.41 Å². The standard InChI is InChI=1S/C18H20N2O6S.C2H4/c1-2-18(11-27(25,26)12-18)15(17(23)20-24)19-16(22)14-8-6-13(7-9-14)5-3-4-10-21;1-2/h2,6-9,15,21,24H,1,4,10-12H2,(H,19,22)(H,20,23);1-2H2. The summed E-state index contributed by atoms with van der Waals surface area (Å²) in [4.78, 5) is 24.5. The Morgan fingerprint density at radius 2 is 1.83 bits per heavy atom. The second-order valence-electron chi connectivity index (χ2n) is 6.20. The number of nitrogens with one attached hydrogen (secondary N) is 2. The summed E-state index contributed by atoms with van der Waals surface area (Å²) in [7, 11) is -3.32. The van der Waals surface area contributed by atoms with Crippen LogP contribution in [-0.4, -0.2) is 54.7 Å². The molecule has 1 aromatic rings. The summed E-state index contributed by atoms with van der Waals surface area (Å²) in [6.07, 6.45) is 1.65. The van der Waals surface area contributed by atoms with E-state index < -0.39 is 33.1 Å². The molecule has 2 rings (SSSR count). The van der Waals surface area contributed by atoms with Crippen molar-refractivity contribution in [1.82, 2.24) is 10.8 Å². The van der Waals surface area contributed by atoms with Crippen molar-refractivity contribution in [3.8, 4) is 11.8 Å². The van der Waals surface area contributed by atoms with Crippen molar-refractivity contribution in [1.29, 1.82) is 0 Å². The van der Waals surface area contributed by atoms with Crippen molar-refractivity contribution in [3.05, 3.63) is 61.2 Å². The van der Waals surface area contributed by atoms with E-state index in [1.165, 1.54) is 23.7 Å². The highest BCUT2D eigenvalue weighted by Crippen LogP contribution is 2.37. The molecule has 1 unspecified atom stereocenters. The minimum Gasteiger partial charge on any atom is -0.395 e. The van der Waals surface area contributed by atoms with Crippen LogP contribution in [0.1, 0.15) is 22.3 Å². The Kier molecular flexibility index (Phi) is 8.79. The highest BCUT2D eigenvalue weighted by Gasteiger charge is 2.54. The Morgan fingerprint density at radius 1 is 1.24 bits per heavy atom. The number of carbonyl (C=O) groups excluding carboxylic acids is 2. The topological polar surface area (TPSA) is 133 Å². The van der Waals surface area contributed by atoms with Gasteiger partial charge in [-0.05, 0) is 24.3 Å². The third-order valence-electron chi connectivity index (χ3n) is 4.22. The van der Waals surface area contributed by atoms with Gasteiger partial charge in [0.2, 0.25) is 0 Å². The SMILES string of the molecule is C=C.C=CC1(C(NC(=O)c2ccc(C#CCCO)cc2)C(=O)NO)CS(=O)(=O)C1. The molecule has 1 fully saturated rings. The van der Waals surface area contributed by atoms with Gasteiger partial charge in [0.25, 0.3) is 11.8 Å². The highest BCUT2D eigenvalue weighted by atomic mass is 32.2. The van der Waals surface area contributed by atoms with Crippen molar-refractivity contribution in [3.63, 3.8) is 0 Å². The predicted octanol–water partition coefficient (Wildman–Crippen LogP) is 0.427. The van der Waals surface area contributed by atoms with Crippen LogP contribution in [0.3, 0.4) is 0 Å². The van der Waals surface area contributed by atoms with Crippen molar-refractivity contribution >= 4 is 21.7 Å². The van der Waals surface area contributed by atoms with Gasteiger partial charge in [-0.2, -0.15) is 0 Å². The number of rotatable bonds is 6. The summed E-state index contributed by atoms with van der Waals surface area (Å²) in [5.74, 6) is 3.35. The van der Waals surface area contributed by atoms with E-state index in [0.717, 1.165) is 0 Å². The summed E-state index contributed by atoms with van der Waals surface area (Å²) in [5.41, 5.74) is 1.16. The van der Waals surface area contributed by atoms with E-state index in [-0.39, 0.29) is 23.7 Å². The zero-order chi connectivity index (χ0) is 22.1. The van der Waals surface area contributed by atoms with Gasteiger partial charge >= 0.3 is 0 Å². The molecule has 0 aliphatic carbocycles. The number of hydrogen-bond acceptors (Lipinski definition) is 6. The molecule has 0 spiro atoms. The fraction of sp³-hybridized carbons (Fsp3) is 0.300. The molecule has 0 radical (unpaired) electrons. The fourth-order valence-corrected chi connectivity index (χ4v) is 4.98. The third-order valence-corrected chi connectivity index (χ3v) is 6.18. The summed E-state index contributed by atoms with van der Waals surface area (Å²) in [6, 6.07) is 4.93. The zero-order valence-corrected chi connectivity index (χ0v) is 16.7. The molecule has 0 saturated carbocycles. The Morgan fingerprint density at radius 3 is 2.28 bits per heavy atom. The van der Waals surface area contributed by atoms with Crippen molar-refractivity contribution in [2.75, 3.05) is 18.1 Å². The summed E-state index contributed by atoms with van der Waals surface area (Å²) >= 11 is 0. The molecule has 0 bridgehead atoms. The normalized spacial score (nSPS) is 16.3. The van der Waals surface area contributed by atoms with E-state index in [1.807, 2.05) is 0 Å². The van der Waals surface area contributed by atoms with Crippen LogP contribution in [0, 0.1) is 17.3 Å². The first-order valence-corrected chi connectivity index (χ1v) is 10.4. The molecular formula is C20H24N2O6S. The van der Waals surface area contributed by atoms with E-state index in [4.69, 9.17) is 10.3 Å². The van der Waals surface area contributed by atoms with Gasteiger partial charge in [0, 0.05) is 23.0 Å². The zero-order valence-electron chi connectivity index (χ0n) is 15.8. The number of benzene rings is 1. The van der Waals surface area contributed by atoms with Crippen LogP contribution in [0.4, 0.5) is 0 Å². The van der Waals surface area contributed by atoms with Gasteiger partial charge < -0.3 is 10.4 Å². The fourth-order valence-electron chi connectivity index (χ4n) is 2.85. The van der Waals surface area contributed by atoms with Crippen LogP contribution in [-0.2, 0) is 14.6 Å². The number of hydroxylamine groups is 1. The lowest BCUT2D eigenvalue weighted by Crippen LogP contribution is -2.64. The molecule has 8 nitrogen and oxygen atoms in total. The third kappa shape index (κ3) is 6.02. The number of aliphatic hydroxyl groups is 1. The quantitative estimate of drug-likeness (QED) is 0.228. The molecular weight excluding hydrogens is 396 g/mol. The first kappa shape index (κ1) is 24.1. The monoisotopic (exact) mass is 420 g/mol. The summed E-state index contributed by atoms with van der Waals surface area (Å²) in [5, 5.41) is 20.1. The number of aliphatic hydroxyl groups excluding tert-OH is 1. The molecule has 1 atom stereocenters. The number of carbonyl (C=O) groups is 2. The summed E-state index contributed by atoms with van der Waals surface area (Å²) in [6.45, 7) is 9.54. The van der Waals surface area contributed by atoms with Gasteiger partial charge in [-0.1, -0.05) is 17.9 Å². The molecule has 156 valence electrons. The van der Waals surface area contributed by atoms with Crippen LogP contribution >= 0.6 is 0 Å². The second-order valence-corrected chi connectivity index (χ2v) is 8.27. The molecule has 1 heterocycles. The Bertz CT molecular complexity index is 901. The maximum absolute atomic E-state index is 12.5. The van der Waals surface area contributed by atoms with E-state index >= 15 is 0 Å². The minimum absolute atomic E-state index is 0.0391. The van der Waals surface area contributed by atoms with Gasteiger partial charge in [-0.15, -0.1) is 19.7 Å². The van der Waals surface area contributed by atoms with Crippen LogP contribution in [0.15, 0.2) is 50.1 Å². The molecule has 0 aromatic heterocycles. The van der Waals surface area contributed by atoms with Crippen molar-refractivity contribution in [2.45, 2.75) is 12.5 Å². The number of sulfone groups is 1. The number of hydrogen-bond donors (Lipinski definition) is 4. The van der Waals surface area contributed by atoms with Crippen LogP contribution in [0.25, 0.3) is 0 Å². The molecule has 2 amide bonds. The maximum atomic E-state index is 12.5. The van der Waals surface area contributed by atoms with Gasteiger partial charge in [0.05, 0.1) is 18.1 Å². The van der Waals surface area contributed by atoms with Gasteiger partial charge in [-0.3, -0.25) is 14.8 Å². The van der Waals surface area contributed by atoms with E-state index in [0.29, 0.717) is 12.0 Å². The first-order valence-electron chi connectivity index (χ1n) is 8.55. The molecule has 4 N–H and O–H groups in total. The largest absolute Gasteiger partial charge is 0.395 e. The first-order chi connectivity index (χ1) is 13.8. The van der Waals surface area contributed by atoms with Crippen LogP contribution < -0.4 is 10.8 Å². The highest BCUT2D eigenvalue weighted by molar-refractivity contribution is 7.92. The average molecular weight is 420 g/mol. The Balaban J connectivity index is 0.00000204. The summed E-state index contributed by atoms with van der Waals surface area (Å²) < 4.78 is 23.2.